The molecule has 0 fully saturated rings. The fourth-order valence-electron chi connectivity index (χ4n) is 7.96. The first-order chi connectivity index (χ1) is 36.2. The number of rotatable bonds is 22. The van der Waals surface area contributed by atoms with Crippen molar-refractivity contribution in [2.24, 2.45) is 43.8 Å². The van der Waals surface area contributed by atoms with Crippen LogP contribution >= 0.6 is 0 Å². The Morgan fingerprint density at radius 3 is 2.24 bits per heavy atom. The summed E-state index contributed by atoms with van der Waals surface area (Å²) < 4.78 is 33.2. The third-order valence-electron chi connectivity index (χ3n) is 11.8. The first-order valence-electron chi connectivity index (χ1n) is 24.2. The van der Waals surface area contributed by atoms with Gasteiger partial charge in [-0.05, 0) is 85.0 Å². The van der Waals surface area contributed by atoms with Crippen LogP contribution in [-0.2, 0) is 23.2 Å². The molecule has 388 valence electrons. The molecule has 1 aromatic heterocycles. The summed E-state index contributed by atoms with van der Waals surface area (Å²) in [4.78, 5) is 64.9. The largest absolute Gasteiger partial charge is 0.400 e. The number of allylic oxidation sites excluding steroid dienone is 6. The van der Waals surface area contributed by atoms with Crippen LogP contribution in [0.4, 0.5) is 14.5 Å². The molecule has 0 saturated carbocycles. The minimum absolute atomic E-state index is 0.0240. The van der Waals surface area contributed by atoms with E-state index in [0.29, 0.717) is 82.4 Å². The predicted molar refractivity (Wildman–Crippen MR) is 294 cm³/mol. The van der Waals surface area contributed by atoms with E-state index in [1.807, 2.05) is 31.7 Å². The van der Waals surface area contributed by atoms with Crippen molar-refractivity contribution < 1.29 is 28.0 Å². The molecule has 5 N–H and O–H groups in total. The van der Waals surface area contributed by atoms with Crippen LogP contribution in [0.15, 0.2) is 144 Å². The monoisotopic (exact) mass is 1020 g/mol. The van der Waals surface area contributed by atoms with Crippen molar-refractivity contribution in [1.29, 1.82) is 0 Å². The average molecular weight is 1020 g/mol. The number of aromatic nitrogens is 2. The van der Waals surface area contributed by atoms with Gasteiger partial charge < -0.3 is 20.9 Å². The van der Waals surface area contributed by atoms with Gasteiger partial charge in [-0.1, -0.05) is 50.3 Å². The molecule has 6 rings (SSSR count). The number of halogens is 2. The number of hydrazone groups is 3. The van der Waals surface area contributed by atoms with E-state index in [1.165, 1.54) is 37.6 Å². The first kappa shape index (κ1) is 55.3. The Kier molecular flexibility index (Phi) is 19.6. The van der Waals surface area contributed by atoms with Gasteiger partial charge in [-0.15, -0.1) is 0 Å². The molecule has 0 spiro atoms. The number of fused-ring (bicyclic) bond motifs is 1. The highest BCUT2D eigenvalue weighted by molar-refractivity contribution is 6.06. The number of nitrogens with two attached hydrogens (primary N) is 2. The lowest BCUT2D eigenvalue weighted by Crippen LogP contribution is -2.34. The summed E-state index contributed by atoms with van der Waals surface area (Å²) in [5.74, 6) is -0.150. The molecular formula is C56H61F2N13O4. The van der Waals surface area contributed by atoms with Gasteiger partial charge in [0.15, 0.2) is 12.6 Å². The number of aldehydes is 3. The van der Waals surface area contributed by atoms with E-state index in [-0.39, 0.29) is 65.1 Å². The standard InChI is InChI=1S/C56H61F2N13O4/c1-7-19-71(20-8-2)56(75)43-26-48-50(58)27-42(39-13-14-41(36-74)45(25-39)31-64-70(6)33-55-61-18-21-68(55)4)28-52(48)66-54(29-43)67-62-17-16-46(59)32-69(5)63-30-44-22-37(10-12-40(44)35-73)11-15-51-47(49(57)9-3)23-38(34-72)24-53(60)65-51/h9-18,21-23,25-28,30-31,34-36H,7-8,19-20,24,29,32-33,59H2,1-6H3,(H2,60,65)(H,66,67)/b15-11+,46-16?,49-9+,62-17?,63-30-,64-31-. The molecule has 19 heteroatoms. The van der Waals surface area contributed by atoms with Gasteiger partial charge in [0.1, 0.15) is 35.4 Å². The van der Waals surface area contributed by atoms with Crippen LogP contribution < -0.4 is 16.9 Å². The van der Waals surface area contributed by atoms with Crippen LogP contribution in [0.3, 0.4) is 0 Å². The summed E-state index contributed by atoms with van der Waals surface area (Å²) in [6, 6.07) is 13.3. The smallest absolute Gasteiger partial charge is 0.250 e. The summed E-state index contributed by atoms with van der Waals surface area (Å²) in [6.07, 6.45) is 20.8. The average Bonchev–Trinajstić information content (AvgIpc) is 3.60. The Morgan fingerprint density at radius 2 is 1.57 bits per heavy atom. The second-order valence-electron chi connectivity index (χ2n) is 17.6. The lowest BCUT2D eigenvalue weighted by Gasteiger charge is -2.23. The fourth-order valence-corrected chi connectivity index (χ4v) is 7.96. The Labute approximate surface area is 435 Å². The SMILES string of the molecule is C/C=C(/F)C1=C(/C=C/c2ccc(C=O)c(/C=N\N(C)CC(N)=CC=NNC3=Nc4cc(-c5ccc(C=O)c(/C=N\N(C)Cc6nccn6C)c5)cc(F)c4C=C(C(=O)N(CCC)CCC)C3)c2)N=C(N)CC(C=O)=C1. The zero-order valence-electron chi connectivity index (χ0n) is 42.9. The third-order valence-corrected chi connectivity index (χ3v) is 11.8. The normalized spacial score (nSPS) is 14.3. The summed E-state index contributed by atoms with van der Waals surface area (Å²) in [5.41, 5.74) is 20.6. The van der Waals surface area contributed by atoms with Gasteiger partial charge in [0.2, 0.25) is 5.91 Å². The van der Waals surface area contributed by atoms with Crippen molar-refractivity contribution in [2.45, 2.75) is 53.0 Å². The molecule has 2 aliphatic rings. The summed E-state index contributed by atoms with van der Waals surface area (Å²) in [6.45, 7) is 7.16. The van der Waals surface area contributed by atoms with Crippen molar-refractivity contribution in [1.82, 2.24) is 29.9 Å². The highest BCUT2D eigenvalue weighted by Crippen LogP contribution is 2.35. The van der Waals surface area contributed by atoms with E-state index in [1.54, 1.807) is 108 Å². The van der Waals surface area contributed by atoms with E-state index in [2.05, 4.69) is 30.7 Å². The maximum Gasteiger partial charge on any atom is 0.250 e. The lowest BCUT2D eigenvalue weighted by molar-refractivity contribution is -0.127. The Bertz CT molecular complexity index is 3150. The zero-order valence-corrected chi connectivity index (χ0v) is 42.9. The number of imidazole rings is 1. The Morgan fingerprint density at radius 1 is 0.867 bits per heavy atom. The van der Waals surface area contributed by atoms with Gasteiger partial charge in [0.25, 0.3) is 0 Å². The minimum atomic E-state index is -0.591. The lowest BCUT2D eigenvalue weighted by atomic mass is 9.97. The van der Waals surface area contributed by atoms with E-state index in [4.69, 9.17) is 16.5 Å². The number of amides is 1. The molecular weight excluding hydrogens is 957 g/mol. The molecule has 1 amide bonds. The number of nitrogens with zero attached hydrogens (tertiary/aromatic N) is 10. The van der Waals surface area contributed by atoms with Crippen molar-refractivity contribution in [3.8, 4) is 11.1 Å². The van der Waals surface area contributed by atoms with Gasteiger partial charge in [-0.2, -0.15) is 15.3 Å². The Balaban J connectivity index is 1.21. The van der Waals surface area contributed by atoms with Gasteiger partial charge in [0, 0.05) is 116 Å². The van der Waals surface area contributed by atoms with E-state index < -0.39 is 11.6 Å². The second-order valence-corrected chi connectivity index (χ2v) is 17.6. The maximum atomic E-state index is 16.4. The molecule has 17 nitrogen and oxygen atoms in total. The number of amidine groups is 2. The molecule has 0 bridgehead atoms. The molecule has 0 aliphatic carbocycles. The summed E-state index contributed by atoms with van der Waals surface area (Å²) >= 11 is 0. The van der Waals surface area contributed by atoms with Crippen molar-refractivity contribution >= 4 is 72.9 Å². The summed E-state index contributed by atoms with van der Waals surface area (Å²) in [7, 11) is 5.38. The predicted octanol–water partition coefficient (Wildman–Crippen LogP) is 8.19. The number of carbonyl (C=O) groups excluding carboxylic acids is 4. The van der Waals surface area contributed by atoms with Crippen LogP contribution in [0.25, 0.3) is 23.3 Å². The van der Waals surface area contributed by atoms with Crippen LogP contribution in [-0.4, -0.2) is 113 Å². The number of benzene rings is 3. The first-order valence-corrected chi connectivity index (χ1v) is 24.2. The van der Waals surface area contributed by atoms with Crippen LogP contribution in [0.5, 0.6) is 0 Å². The Hall–Kier alpha value is -9.00. The van der Waals surface area contributed by atoms with Crippen LogP contribution in [0.2, 0.25) is 0 Å². The fraction of sp³-hybridized carbons (Fsp3) is 0.250. The number of hydrogen-bond acceptors (Lipinski definition) is 15. The maximum absolute atomic E-state index is 16.4. The van der Waals surface area contributed by atoms with Crippen molar-refractivity contribution in [2.75, 3.05) is 33.7 Å². The van der Waals surface area contributed by atoms with Gasteiger partial charge in [-0.3, -0.25) is 34.6 Å². The van der Waals surface area contributed by atoms with Crippen LogP contribution in [0.1, 0.15) is 95.2 Å². The number of likely N-dealkylation sites (N-methyl/N-ethyl adjacent to an activating group) is 1. The van der Waals surface area contributed by atoms with Gasteiger partial charge >= 0.3 is 0 Å². The molecule has 3 aromatic carbocycles. The van der Waals surface area contributed by atoms with Crippen molar-refractivity contribution in [3.05, 3.63) is 164 Å². The number of nitrogens with one attached hydrogen (secondary N) is 1. The van der Waals surface area contributed by atoms with E-state index in [0.717, 1.165) is 25.0 Å². The molecule has 0 saturated heterocycles. The van der Waals surface area contributed by atoms with Crippen LogP contribution in [0, 0.1) is 5.82 Å². The number of aliphatic imine (C=N–C) groups is 2. The topological polar surface area (TPSA) is 222 Å². The molecule has 4 aromatic rings. The quantitative estimate of drug-likeness (QED) is 0.0389. The molecule has 0 atom stereocenters. The molecule has 0 radical (unpaired) electrons. The highest BCUT2D eigenvalue weighted by atomic mass is 19.1. The molecule has 75 heavy (non-hydrogen) atoms. The van der Waals surface area contributed by atoms with Gasteiger partial charge in [0.05, 0.1) is 36.9 Å². The highest BCUT2D eigenvalue weighted by Gasteiger charge is 2.24. The molecule has 2 aliphatic heterocycles. The van der Waals surface area contributed by atoms with Crippen molar-refractivity contribution in [3.63, 3.8) is 0 Å². The number of carbonyl (C=O) groups is 4. The van der Waals surface area contributed by atoms with Gasteiger partial charge in [-0.25, -0.2) is 23.7 Å². The zero-order chi connectivity index (χ0) is 54.0. The minimum Gasteiger partial charge on any atom is -0.400 e. The van der Waals surface area contributed by atoms with E-state index in [9.17, 15) is 23.6 Å². The molecule has 0 unspecified atom stereocenters. The summed E-state index contributed by atoms with van der Waals surface area (Å²) in [5, 5.41) is 16.6. The molecule has 3 heterocycles. The number of hydrogen-bond donors (Lipinski definition) is 3. The number of aryl methyl sites for hydroxylation is 1. The second kappa shape index (κ2) is 26.6. The van der Waals surface area contributed by atoms with E-state index >= 15 is 4.39 Å². The third kappa shape index (κ3) is 15.0.